The first kappa shape index (κ1) is 24.0. The number of carboxylic acid groups (broad SMARTS) is 1. The van der Waals surface area contributed by atoms with Crippen molar-refractivity contribution >= 4 is 28.8 Å². The molecule has 0 bridgehead atoms. The van der Waals surface area contributed by atoms with Gasteiger partial charge in [0.15, 0.2) is 5.12 Å². The van der Waals surface area contributed by atoms with E-state index in [1.807, 2.05) is 0 Å². The van der Waals surface area contributed by atoms with Crippen molar-refractivity contribution in [2.75, 3.05) is 5.75 Å². The highest BCUT2D eigenvalue weighted by Crippen LogP contribution is 2.14. The first-order chi connectivity index (χ1) is 12.0. The van der Waals surface area contributed by atoms with Crippen molar-refractivity contribution in [3.8, 4) is 0 Å². The Morgan fingerprint density at radius 1 is 0.880 bits per heavy atom. The molecule has 0 radical (unpaired) electrons. The molecule has 0 saturated carbocycles. The molecular formula is C19H35NO4S. The van der Waals surface area contributed by atoms with E-state index in [0.29, 0.717) is 6.42 Å². The van der Waals surface area contributed by atoms with E-state index in [1.54, 1.807) is 0 Å². The van der Waals surface area contributed by atoms with E-state index >= 15 is 0 Å². The van der Waals surface area contributed by atoms with Crippen molar-refractivity contribution < 1.29 is 19.5 Å². The summed E-state index contributed by atoms with van der Waals surface area (Å²) >= 11 is 1.00. The standard InChI is InChI=1S/C19H35NO4S/c1-3-4-5-6-7-8-9-10-11-12-13-14-18(22)25-15-17(19(23)24)20-16(2)21/h17H,3-15H2,1-2H3,(H,20,21)(H,23,24)/t17-/m0/s1. The molecule has 0 heterocycles. The van der Waals surface area contributed by atoms with Gasteiger partial charge in [0.2, 0.25) is 5.91 Å². The van der Waals surface area contributed by atoms with Crippen LogP contribution in [0.4, 0.5) is 0 Å². The number of hydrogen-bond acceptors (Lipinski definition) is 4. The van der Waals surface area contributed by atoms with Crippen LogP contribution >= 0.6 is 11.8 Å². The highest BCUT2D eigenvalue weighted by molar-refractivity contribution is 8.13. The van der Waals surface area contributed by atoms with E-state index in [1.165, 1.54) is 58.3 Å². The lowest BCUT2D eigenvalue weighted by molar-refractivity contribution is -0.140. The monoisotopic (exact) mass is 373 g/mol. The Morgan fingerprint density at radius 3 is 1.80 bits per heavy atom. The number of unbranched alkanes of at least 4 members (excludes halogenated alkanes) is 10. The molecular weight excluding hydrogens is 338 g/mol. The van der Waals surface area contributed by atoms with Gasteiger partial charge in [0.05, 0.1) is 0 Å². The lowest BCUT2D eigenvalue weighted by Crippen LogP contribution is -2.41. The summed E-state index contributed by atoms with van der Waals surface area (Å²) < 4.78 is 0. The van der Waals surface area contributed by atoms with Gasteiger partial charge in [-0.15, -0.1) is 0 Å². The maximum atomic E-state index is 11.8. The lowest BCUT2D eigenvalue weighted by atomic mass is 10.1. The molecule has 0 saturated heterocycles. The summed E-state index contributed by atoms with van der Waals surface area (Å²) in [5.41, 5.74) is 0. The maximum Gasteiger partial charge on any atom is 0.327 e. The van der Waals surface area contributed by atoms with Gasteiger partial charge in [0, 0.05) is 19.1 Å². The number of rotatable bonds is 16. The van der Waals surface area contributed by atoms with Gasteiger partial charge in [-0.05, 0) is 6.42 Å². The Balaban J connectivity index is 3.51. The topological polar surface area (TPSA) is 83.5 Å². The predicted octanol–water partition coefficient (Wildman–Crippen LogP) is 4.54. The third kappa shape index (κ3) is 16.2. The second kappa shape index (κ2) is 16.4. The van der Waals surface area contributed by atoms with Crippen molar-refractivity contribution in [2.24, 2.45) is 0 Å². The molecule has 1 amide bonds. The first-order valence-electron chi connectivity index (χ1n) is 9.63. The van der Waals surface area contributed by atoms with E-state index < -0.39 is 17.9 Å². The number of thioether (sulfide) groups is 1. The summed E-state index contributed by atoms with van der Waals surface area (Å²) in [6.45, 7) is 3.50. The van der Waals surface area contributed by atoms with Crippen LogP contribution in [-0.2, 0) is 14.4 Å². The van der Waals surface area contributed by atoms with Crippen LogP contribution in [0.3, 0.4) is 0 Å². The molecule has 25 heavy (non-hydrogen) atoms. The van der Waals surface area contributed by atoms with Crippen LogP contribution in [0.25, 0.3) is 0 Å². The second-order valence-corrected chi connectivity index (χ2v) is 7.64. The van der Waals surface area contributed by atoms with Crippen LogP contribution < -0.4 is 5.32 Å². The smallest absolute Gasteiger partial charge is 0.327 e. The third-order valence-corrected chi connectivity index (χ3v) is 5.10. The summed E-state index contributed by atoms with van der Waals surface area (Å²) in [5, 5.41) is 11.3. The second-order valence-electron chi connectivity index (χ2n) is 6.56. The number of carbonyl (C=O) groups excluding carboxylic acids is 2. The van der Waals surface area contributed by atoms with Crippen molar-refractivity contribution in [3.63, 3.8) is 0 Å². The van der Waals surface area contributed by atoms with Gasteiger partial charge in [-0.3, -0.25) is 9.59 Å². The molecule has 146 valence electrons. The Bertz CT molecular complexity index is 388. The number of nitrogens with one attached hydrogen (secondary N) is 1. The van der Waals surface area contributed by atoms with E-state index in [0.717, 1.165) is 31.0 Å². The van der Waals surface area contributed by atoms with Crippen LogP contribution in [0.1, 0.15) is 90.9 Å². The summed E-state index contributed by atoms with van der Waals surface area (Å²) in [6, 6.07) is -0.997. The fourth-order valence-corrected chi connectivity index (χ4v) is 3.47. The van der Waals surface area contributed by atoms with Gasteiger partial charge < -0.3 is 10.4 Å². The average molecular weight is 374 g/mol. The molecule has 0 aromatic rings. The minimum absolute atomic E-state index is 0.00697. The fourth-order valence-electron chi connectivity index (χ4n) is 2.60. The van der Waals surface area contributed by atoms with Crippen molar-refractivity contribution in [3.05, 3.63) is 0 Å². The molecule has 1 atom stereocenters. The molecule has 0 aliphatic carbocycles. The van der Waals surface area contributed by atoms with Gasteiger partial charge in [-0.1, -0.05) is 82.9 Å². The van der Waals surface area contributed by atoms with E-state index in [-0.39, 0.29) is 10.9 Å². The Hall–Kier alpha value is -1.04. The largest absolute Gasteiger partial charge is 0.480 e. The van der Waals surface area contributed by atoms with Gasteiger partial charge in [0.25, 0.3) is 0 Å². The number of hydrogen-bond donors (Lipinski definition) is 2. The summed E-state index contributed by atoms with van der Waals surface area (Å²) in [4.78, 5) is 33.7. The van der Waals surface area contributed by atoms with E-state index in [2.05, 4.69) is 12.2 Å². The molecule has 0 unspecified atom stereocenters. The van der Waals surface area contributed by atoms with Crippen LogP contribution in [-0.4, -0.2) is 33.9 Å². The van der Waals surface area contributed by atoms with Crippen molar-refractivity contribution in [1.29, 1.82) is 0 Å². The number of carbonyl (C=O) groups is 3. The highest BCUT2D eigenvalue weighted by Gasteiger charge is 2.19. The zero-order valence-corrected chi connectivity index (χ0v) is 16.7. The predicted molar refractivity (Wildman–Crippen MR) is 104 cm³/mol. The van der Waals surface area contributed by atoms with Crippen molar-refractivity contribution in [2.45, 2.75) is 96.9 Å². The zero-order chi connectivity index (χ0) is 18.9. The first-order valence-corrected chi connectivity index (χ1v) is 10.6. The van der Waals surface area contributed by atoms with Crippen LogP contribution in [0.2, 0.25) is 0 Å². The fraction of sp³-hybridized carbons (Fsp3) is 0.842. The number of amides is 1. The molecule has 0 aromatic heterocycles. The Morgan fingerprint density at radius 2 is 1.36 bits per heavy atom. The molecule has 6 heteroatoms. The van der Waals surface area contributed by atoms with Crippen LogP contribution in [0.15, 0.2) is 0 Å². The molecule has 0 rings (SSSR count). The van der Waals surface area contributed by atoms with Gasteiger partial charge in [0.1, 0.15) is 6.04 Å². The number of aliphatic carboxylic acids is 1. The molecule has 5 nitrogen and oxygen atoms in total. The Labute approximate surface area is 156 Å². The summed E-state index contributed by atoms with van der Waals surface area (Å²) in [6.07, 6.45) is 14.1. The normalized spacial score (nSPS) is 11.9. The van der Waals surface area contributed by atoms with Gasteiger partial charge in [-0.25, -0.2) is 4.79 Å². The van der Waals surface area contributed by atoms with Crippen molar-refractivity contribution in [1.82, 2.24) is 5.32 Å². The van der Waals surface area contributed by atoms with Gasteiger partial charge in [-0.2, -0.15) is 0 Å². The molecule has 0 spiro atoms. The molecule has 0 aromatic carbocycles. The summed E-state index contributed by atoms with van der Waals surface area (Å²) in [5.74, 6) is -1.41. The highest BCUT2D eigenvalue weighted by atomic mass is 32.2. The number of carboxylic acids is 1. The van der Waals surface area contributed by atoms with E-state index in [9.17, 15) is 14.4 Å². The van der Waals surface area contributed by atoms with E-state index in [4.69, 9.17) is 5.11 Å². The van der Waals surface area contributed by atoms with Crippen LogP contribution in [0, 0.1) is 0 Å². The SMILES string of the molecule is CCCCCCCCCCCCCC(=O)SC[C@H](NC(C)=O)C(=O)O. The quantitative estimate of drug-likeness (QED) is 0.388. The van der Waals surface area contributed by atoms with Crippen LogP contribution in [0.5, 0.6) is 0 Å². The molecule has 0 aliphatic heterocycles. The van der Waals surface area contributed by atoms with Gasteiger partial charge >= 0.3 is 5.97 Å². The Kier molecular flexibility index (Phi) is 15.7. The minimum atomic E-state index is -1.11. The summed E-state index contributed by atoms with van der Waals surface area (Å²) in [7, 11) is 0. The third-order valence-electron chi connectivity index (χ3n) is 4.07. The average Bonchev–Trinajstić information content (AvgIpc) is 2.55. The minimum Gasteiger partial charge on any atom is -0.480 e. The lowest BCUT2D eigenvalue weighted by Gasteiger charge is -2.11. The maximum absolute atomic E-state index is 11.8. The zero-order valence-electron chi connectivity index (χ0n) is 15.8. The molecule has 0 fully saturated rings. The molecule has 2 N–H and O–H groups in total. The molecule has 0 aliphatic rings.